The Bertz CT molecular complexity index is 489. The highest BCUT2D eigenvalue weighted by Crippen LogP contribution is 2.36. The minimum atomic E-state index is -0.505. The fourth-order valence-electron chi connectivity index (χ4n) is 2.47. The Morgan fingerprint density at radius 2 is 2.06 bits per heavy atom. The van der Waals surface area contributed by atoms with Crippen LogP contribution in [0.25, 0.3) is 0 Å². The van der Waals surface area contributed by atoms with Gasteiger partial charge in [0.25, 0.3) is 5.91 Å². The van der Waals surface area contributed by atoms with E-state index in [0.717, 1.165) is 31.2 Å². The summed E-state index contributed by atoms with van der Waals surface area (Å²) in [7, 11) is 0. The number of aromatic nitrogens is 1. The zero-order valence-corrected chi connectivity index (χ0v) is 10.00. The van der Waals surface area contributed by atoms with Crippen LogP contribution in [0.3, 0.4) is 0 Å². The Morgan fingerprint density at radius 1 is 1.29 bits per heavy atom. The van der Waals surface area contributed by atoms with Gasteiger partial charge in [-0.1, -0.05) is 24.4 Å². The minimum absolute atomic E-state index is 0.0277. The maximum absolute atomic E-state index is 12.0. The Balaban J connectivity index is 1.95. The molecular weight excluding hydrogens is 238 g/mol. The second kappa shape index (κ2) is 3.81. The van der Waals surface area contributed by atoms with Crippen LogP contribution in [0.1, 0.15) is 31.2 Å². The molecule has 1 amide bonds. The first kappa shape index (κ1) is 10.7. The maximum Gasteiger partial charge on any atom is 0.253 e. The molecule has 88 valence electrons. The van der Waals surface area contributed by atoms with Crippen LogP contribution in [0.15, 0.2) is 23.3 Å². The van der Waals surface area contributed by atoms with Gasteiger partial charge in [0.2, 0.25) is 0 Å². The number of hydrogen-bond acceptors (Lipinski definition) is 3. The summed E-state index contributed by atoms with van der Waals surface area (Å²) < 4.78 is 0. The lowest BCUT2D eigenvalue weighted by molar-refractivity contribution is -0.123. The molecule has 1 N–H and O–H groups in total. The SMILES string of the molecule is O=C1NC(c2ccc(Cl)nc2)=NC12CCCC2. The lowest BCUT2D eigenvalue weighted by Crippen LogP contribution is -2.37. The van der Waals surface area contributed by atoms with E-state index in [2.05, 4.69) is 15.3 Å². The average molecular weight is 250 g/mol. The molecule has 0 radical (unpaired) electrons. The van der Waals surface area contributed by atoms with Gasteiger partial charge in [-0.25, -0.2) is 4.98 Å². The van der Waals surface area contributed by atoms with E-state index in [4.69, 9.17) is 11.6 Å². The molecule has 1 spiro atoms. The van der Waals surface area contributed by atoms with Crippen LogP contribution in [-0.4, -0.2) is 22.3 Å². The molecule has 0 unspecified atom stereocenters. The van der Waals surface area contributed by atoms with E-state index >= 15 is 0 Å². The quantitative estimate of drug-likeness (QED) is 0.773. The first-order valence-corrected chi connectivity index (χ1v) is 6.11. The van der Waals surface area contributed by atoms with Crippen molar-refractivity contribution < 1.29 is 4.79 Å². The molecule has 5 heteroatoms. The van der Waals surface area contributed by atoms with E-state index in [9.17, 15) is 4.79 Å². The van der Waals surface area contributed by atoms with Crippen molar-refractivity contribution in [2.24, 2.45) is 4.99 Å². The topological polar surface area (TPSA) is 54.4 Å². The normalized spacial score (nSPS) is 21.7. The predicted molar refractivity (Wildman–Crippen MR) is 65.1 cm³/mol. The van der Waals surface area contributed by atoms with Crippen LogP contribution in [0.5, 0.6) is 0 Å². The predicted octanol–water partition coefficient (Wildman–Crippen LogP) is 1.92. The summed E-state index contributed by atoms with van der Waals surface area (Å²) >= 11 is 5.73. The number of amidine groups is 1. The Kier molecular flexibility index (Phi) is 2.40. The third kappa shape index (κ3) is 1.72. The Morgan fingerprint density at radius 3 is 2.71 bits per heavy atom. The van der Waals surface area contributed by atoms with Gasteiger partial charge in [0.05, 0.1) is 0 Å². The minimum Gasteiger partial charge on any atom is -0.308 e. The van der Waals surface area contributed by atoms with Crippen LogP contribution in [0.2, 0.25) is 5.15 Å². The highest BCUT2D eigenvalue weighted by molar-refractivity contribution is 6.29. The van der Waals surface area contributed by atoms with Gasteiger partial charge in [-0.05, 0) is 25.0 Å². The van der Waals surface area contributed by atoms with Gasteiger partial charge in [-0.15, -0.1) is 0 Å². The molecule has 4 nitrogen and oxygen atoms in total. The van der Waals surface area contributed by atoms with Gasteiger partial charge < -0.3 is 5.32 Å². The zero-order valence-electron chi connectivity index (χ0n) is 9.24. The number of nitrogens with one attached hydrogen (secondary N) is 1. The molecule has 0 atom stereocenters. The van der Waals surface area contributed by atoms with Crippen molar-refractivity contribution in [3.63, 3.8) is 0 Å². The van der Waals surface area contributed by atoms with Gasteiger partial charge in [-0.2, -0.15) is 0 Å². The van der Waals surface area contributed by atoms with Crippen LogP contribution in [-0.2, 0) is 4.79 Å². The van der Waals surface area contributed by atoms with Crippen molar-refractivity contribution in [3.8, 4) is 0 Å². The third-order valence-electron chi connectivity index (χ3n) is 3.41. The monoisotopic (exact) mass is 249 g/mol. The van der Waals surface area contributed by atoms with Crippen LogP contribution >= 0.6 is 11.6 Å². The molecule has 1 aromatic rings. The van der Waals surface area contributed by atoms with Gasteiger partial charge in [0, 0.05) is 11.8 Å². The van der Waals surface area contributed by atoms with Gasteiger partial charge in [0.15, 0.2) is 0 Å². The number of amides is 1. The average Bonchev–Trinajstić information content (AvgIpc) is 2.90. The third-order valence-corrected chi connectivity index (χ3v) is 3.64. The molecule has 0 bridgehead atoms. The van der Waals surface area contributed by atoms with Crippen molar-refractivity contribution >= 4 is 23.3 Å². The molecule has 2 heterocycles. The van der Waals surface area contributed by atoms with Crippen molar-refractivity contribution in [2.45, 2.75) is 31.2 Å². The van der Waals surface area contributed by atoms with Crippen LogP contribution < -0.4 is 5.32 Å². The molecule has 0 aromatic carbocycles. The fraction of sp³-hybridized carbons (Fsp3) is 0.417. The second-order valence-corrected chi connectivity index (χ2v) is 4.91. The number of nitrogens with zero attached hydrogens (tertiary/aromatic N) is 2. The second-order valence-electron chi connectivity index (χ2n) is 4.52. The highest BCUT2D eigenvalue weighted by Gasteiger charge is 2.45. The maximum atomic E-state index is 12.0. The highest BCUT2D eigenvalue weighted by atomic mass is 35.5. The number of rotatable bonds is 1. The van der Waals surface area contributed by atoms with Gasteiger partial charge >= 0.3 is 0 Å². The Hall–Kier alpha value is -1.42. The van der Waals surface area contributed by atoms with Crippen molar-refractivity contribution in [1.82, 2.24) is 10.3 Å². The first-order chi connectivity index (χ1) is 8.20. The van der Waals surface area contributed by atoms with E-state index in [0.29, 0.717) is 11.0 Å². The smallest absolute Gasteiger partial charge is 0.253 e. The molecule has 1 aliphatic carbocycles. The summed E-state index contributed by atoms with van der Waals surface area (Å²) in [6.45, 7) is 0. The summed E-state index contributed by atoms with van der Waals surface area (Å²) in [4.78, 5) is 20.5. The molecule has 1 aromatic heterocycles. The number of pyridine rings is 1. The standard InChI is InChI=1S/C12H12ClN3O/c13-9-4-3-8(7-14-9)10-15-11(17)12(16-10)5-1-2-6-12/h3-4,7H,1-2,5-6H2,(H,15,16,17). The van der Waals surface area contributed by atoms with Crippen molar-refractivity contribution in [1.29, 1.82) is 0 Å². The number of hydrogen-bond donors (Lipinski definition) is 1. The molecule has 1 fully saturated rings. The summed E-state index contributed by atoms with van der Waals surface area (Å²) in [6, 6.07) is 3.52. The van der Waals surface area contributed by atoms with Crippen molar-refractivity contribution in [3.05, 3.63) is 29.0 Å². The van der Waals surface area contributed by atoms with Crippen LogP contribution in [0.4, 0.5) is 0 Å². The fourth-order valence-corrected chi connectivity index (χ4v) is 2.58. The van der Waals surface area contributed by atoms with Gasteiger partial charge in [0.1, 0.15) is 16.5 Å². The summed E-state index contributed by atoms with van der Waals surface area (Å²) in [5, 5.41) is 3.29. The van der Waals surface area contributed by atoms with Crippen molar-refractivity contribution in [2.75, 3.05) is 0 Å². The lowest BCUT2D eigenvalue weighted by atomic mass is 9.99. The molecular formula is C12H12ClN3O. The van der Waals surface area contributed by atoms with E-state index in [1.165, 1.54) is 0 Å². The molecule has 3 rings (SSSR count). The van der Waals surface area contributed by atoms with E-state index in [-0.39, 0.29) is 5.91 Å². The van der Waals surface area contributed by atoms with Gasteiger partial charge in [-0.3, -0.25) is 9.79 Å². The molecule has 17 heavy (non-hydrogen) atoms. The number of carbonyl (C=O) groups excluding carboxylic acids is 1. The largest absolute Gasteiger partial charge is 0.308 e. The zero-order chi connectivity index (χ0) is 11.9. The van der Waals surface area contributed by atoms with Crippen LogP contribution in [0, 0.1) is 0 Å². The molecule has 1 aliphatic heterocycles. The van der Waals surface area contributed by atoms with E-state index in [1.807, 2.05) is 6.07 Å². The molecule has 1 saturated carbocycles. The Labute approximate surface area is 104 Å². The van der Waals surface area contributed by atoms with E-state index < -0.39 is 5.54 Å². The molecule has 0 saturated heterocycles. The number of carbonyl (C=O) groups is 1. The first-order valence-electron chi connectivity index (χ1n) is 5.73. The summed E-state index contributed by atoms with van der Waals surface area (Å²) in [6.07, 6.45) is 5.48. The molecule has 2 aliphatic rings. The number of halogens is 1. The lowest BCUT2D eigenvalue weighted by Gasteiger charge is -2.14. The summed E-state index contributed by atoms with van der Waals surface area (Å²) in [5.41, 5.74) is 0.307. The summed E-state index contributed by atoms with van der Waals surface area (Å²) in [5.74, 6) is 0.654. The van der Waals surface area contributed by atoms with E-state index in [1.54, 1.807) is 12.3 Å². The number of aliphatic imine (C=N–C) groups is 1.